The molecule has 0 bridgehead atoms. The molecule has 2 heterocycles. The molecule has 10 rings (SSSR count). The van der Waals surface area contributed by atoms with Crippen LogP contribution in [0.4, 0.5) is 0 Å². The van der Waals surface area contributed by atoms with Gasteiger partial charge in [-0.2, -0.15) is 0 Å². The predicted molar refractivity (Wildman–Crippen MR) is 280 cm³/mol. The topological polar surface area (TPSA) is 114 Å². The number of carbonyl (C=O) groups excluding carboxylic acids is 2. The Hall–Kier alpha value is -4.18. The van der Waals surface area contributed by atoms with Crippen LogP contribution in [-0.4, -0.2) is 73.7 Å². The monoisotopic (exact) mass is 965 g/mol. The number of ether oxygens (including phenoxy) is 3. The summed E-state index contributed by atoms with van der Waals surface area (Å²) in [4.78, 5) is 36.1. The molecular weight excluding hydrogens is 884 g/mol. The third-order valence-corrected chi connectivity index (χ3v) is 16.9. The molecule has 4 aromatic carbocycles. The van der Waals surface area contributed by atoms with E-state index in [0.29, 0.717) is 40.4 Å². The molecule has 376 valence electrons. The Kier molecular flexibility index (Phi) is 18.2. The average Bonchev–Trinajstić information content (AvgIpc) is 3.31. The first kappa shape index (κ1) is 52.6. The molecule has 2 N–H and O–H groups in total. The van der Waals surface area contributed by atoms with Gasteiger partial charge in [-0.3, -0.25) is 19.3 Å². The molecule has 4 saturated carbocycles. The van der Waals surface area contributed by atoms with Crippen molar-refractivity contribution in [2.75, 3.05) is 33.3 Å². The number of nitrogens with zero attached hydrogens (tertiary/aromatic N) is 1. The van der Waals surface area contributed by atoms with E-state index in [4.69, 9.17) is 19.3 Å². The largest absolute Gasteiger partial charge is 0.490 e. The summed E-state index contributed by atoms with van der Waals surface area (Å²) in [5, 5.41) is 16.9. The van der Waals surface area contributed by atoms with Crippen molar-refractivity contribution in [3.05, 3.63) is 83.9 Å². The Balaban J connectivity index is 0.000000170. The molecule has 4 atom stereocenters. The van der Waals surface area contributed by atoms with Gasteiger partial charge >= 0.3 is 11.9 Å². The van der Waals surface area contributed by atoms with Gasteiger partial charge in [-0.15, -0.1) is 12.4 Å². The van der Waals surface area contributed by atoms with Crippen molar-refractivity contribution < 1.29 is 33.7 Å². The van der Waals surface area contributed by atoms with Gasteiger partial charge in [-0.1, -0.05) is 89.8 Å². The lowest BCUT2D eigenvalue weighted by molar-refractivity contribution is -0.148. The second-order valence-corrected chi connectivity index (χ2v) is 23.2. The lowest BCUT2D eigenvalue weighted by Crippen LogP contribution is -2.50. The zero-order valence-corrected chi connectivity index (χ0v) is 43.0. The molecule has 4 unspecified atom stereocenters. The molecule has 6 aliphatic rings. The second-order valence-electron chi connectivity index (χ2n) is 23.2. The van der Waals surface area contributed by atoms with Crippen LogP contribution in [0.3, 0.4) is 0 Å². The Morgan fingerprint density at radius 3 is 1.65 bits per heavy atom. The normalized spacial score (nSPS) is 25.2. The van der Waals surface area contributed by atoms with Gasteiger partial charge in [-0.25, -0.2) is 0 Å². The number of carbonyl (C=O) groups is 3. The van der Waals surface area contributed by atoms with Gasteiger partial charge < -0.3 is 24.6 Å². The van der Waals surface area contributed by atoms with Crippen molar-refractivity contribution in [3.8, 4) is 11.5 Å². The zero-order chi connectivity index (χ0) is 47.8. The number of carboxylic acids is 1. The molecule has 69 heavy (non-hydrogen) atoms. The minimum Gasteiger partial charge on any atom is -0.490 e. The number of aliphatic carboxylic acids is 1. The van der Waals surface area contributed by atoms with Gasteiger partial charge in [0.25, 0.3) is 0 Å². The fraction of sp³-hybridized carbons (Fsp3) is 0.610. The first-order chi connectivity index (χ1) is 32.7. The number of esters is 1. The Morgan fingerprint density at radius 2 is 1.13 bits per heavy atom. The average molecular weight is 966 g/mol. The van der Waals surface area contributed by atoms with Crippen molar-refractivity contribution in [2.45, 2.75) is 149 Å². The number of hydrogen-bond acceptors (Lipinski definition) is 8. The molecule has 4 aromatic rings. The van der Waals surface area contributed by atoms with Crippen LogP contribution in [0.15, 0.2) is 72.8 Å². The number of benzene rings is 4. The van der Waals surface area contributed by atoms with Crippen LogP contribution >= 0.6 is 12.4 Å². The van der Waals surface area contributed by atoms with E-state index in [2.05, 4.69) is 80.4 Å². The molecule has 2 aliphatic heterocycles. The summed E-state index contributed by atoms with van der Waals surface area (Å²) in [6.45, 7) is 14.9. The van der Waals surface area contributed by atoms with Gasteiger partial charge in [-0.05, 0) is 188 Å². The van der Waals surface area contributed by atoms with E-state index >= 15 is 0 Å². The van der Waals surface area contributed by atoms with Gasteiger partial charge in [0.05, 0.1) is 31.2 Å². The van der Waals surface area contributed by atoms with E-state index in [1.807, 2.05) is 30.3 Å². The van der Waals surface area contributed by atoms with Gasteiger partial charge in [0.2, 0.25) is 0 Å². The summed E-state index contributed by atoms with van der Waals surface area (Å²) in [6, 6.07) is 25.3. The summed E-state index contributed by atoms with van der Waals surface area (Å²) < 4.78 is 17.5. The molecule has 4 aliphatic carbocycles. The van der Waals surface area contributed by atoms with Crippen molar-refractivity contribution in [1.82, 2.24) is 10.2 Å². The Labute approximate surface area is 418 Å². The molecule has 9 nitrogen and oxygen atoms in total. The number of methoxy groups -OCH3 is 1. The summed E-state index contributed by atoms with van der Waals surface area (Å²) >= 11 is 0. The number of fused-ring (bicyclic) bond motifs is 2. The maximum atomic E-state index is 12.0. The number of aldehydes is 1. The highest BCUT2D eigenvalue weighted by molar-refractivity contribution is 5.90. The molecule has 0 spiro atoms. The molecule has 0 aromatic heterocycles. The minimum absolute atomic E-state index is 0. The number of hydrogen-bond donors (Lipinski definition) is 2. The van der Waals surface area contributed by atoms with Crippen LogP contribution in [0.25, 0.3) is 21.5 Å². The van der Waals surface area contributed by atoms with E-state index < -0.39 is 5.97 Å². The van der Waals surface area contributed by atoms with Gasteiger partial charge in [0.1, 0.15) is 17.8 Å². The van der Waals surface area contributed by atoms with Crippen LogP contribution in [0.2, 0.25) is 0 Å². The predicted octanol–water partition coefficient (Wildman–Crippen LogP) is 13.1. The molecule has 2 saturated heterocycles. The van der Waals surface area contributed by atoms with E-state index in [-0.39, 0.29) is 30.2 Å². The highest BCUT2D eigenvalue weighted by Crippen LogP contribution is 2.41. The lowest BCUT2D eigenvalue weighted by atomic mass is 9.72. The minimum atomic E-state index is -0.586. The van der Waals surface area contributed by atoms with Gasteiger partial charge in [0, 0.05) is 25.2 Å². The molecule has 0 amide bonds. The highest BCUT2D eigenvalue weighted by atomic mass is 35.5. The first-order valence-electron chi connectivity index (χ1n) is 26.3. The fourth-order valence-electron chi connectivity index (χ4n) is 12.1. The quantitative estimate of drug-likeness (QED) is 0.112. The number of halogens is 1. The van der Waals surface area contributed by atoms with Crippen LogP contribution in [-0.2, 0) is 20.9 Å². The summed E-state index contributed by atoms with van der Waals surface area (Å²) in [5.74, 6) is 4.27. The Morgan fingerprint density at radius 1 is 0.638 bits per heavy atom. The third-order valence-electron chi connectivity index (χ3n) is 16.9. The van der Waals surface area contributed by atoms with Gasteiger partial charge in [0.15, 0.2) is 0 Å². The summed E-state index contributed by atoms with van der Waals surface area (Å²) in [6.07, 6.45) is 19.7. The number of likely N-dealkylation sites (tertiary alicyclic amines) is 1. The van der Waals surface area contributed by atoms with E-state index in [9.17, 15) is 14.4 Å². The number of nitrogens with one attached hydrogen (secondary N) is 1. The second kappa shape index (κ2) is 23.8. The zero-order valence-electron chi connectivity index (χ0n) is 42.2. The third kappa shape index (κ3) is 14.5. The Bertz CT molecular complexity index is 2320. The van der Waals surface area contributed by atoms with Crippen molar-refractivity contribution in [2.24, 2.45) is 46.3 Å². The highest BCUT2D eigenvalue weighted by Gasteiger charge is 2.38. The number of carboxylic acid groups (broad SMARTS) is 1. The first-order valence-corrected chi connectivity index (χ1v) is 26.3. The summed E-state index contributed by atoms with van der Waals surface area (Å²) in [5.41, 5.74) is 3.03. The van der Waals surface area contributed by atoms with Crippen molar-refractivity contribution >= 4 is 52.2 Å². The standard InChI is InChI=1S/C30H41NO3.C19H22O2.C10H17NO2.ClH/c1-30(2)13-11-27(12-14-30)34-28-10-9-23-15-21(7-8-24(23)17-28)18-31-19-26(20-31)22-5-4-6-25(16-22)29(32)33-3;1-19(2)9-7-17(8-10-19)21-18-6-5-15-11-14(13-20)3-4-16(15)12-18;12-10(13)8-3-1-2-7(4-8)9-5-11-6-9;/h7-10,15,17,22,25-27H,4-6,11-14,16,18-20H2,1-3H3;3-6,11-13,17H,7-10H2,1-2H3;7-9,11H,1-6H2,(H,12,13);1H. The lowest BCUT2D eigenvalue weighted by Gasteiger charge is -2.45. The smallest absolute Gasteiger partial charge is 0.308 e. The van der Waals surface area contributed by atoms with E-state index in [1.165, 1.54) is 62.0 Å². The molecule has 10 heteroatoms. The summed E-state index contributed by atoms with van der Waals surface area (Å²) in [7, 11) is 1.52. The number of rotatable bonds is 11. The molecule has 0 radical (unpaired) electrons. The van der Waals surface area contributed by atoms with Crippen molar-refractivity contribution in [1.29, 1.82) is 0 Å². The van der Waals surface area contributed by atoms with E-state index in [1.54, 1.807) is 0 Å². The van der Waals surface area contributed by atoms with Crippen LogP contribution < -0.4 is 14.8 Å². The van der Waals surface area contributed by atoms with Crippen LogP contribution in [0.1, 0.15) is 146 Å². The van der Waals surface area contributed by atoms with Crippen LogP contribution in [0, 0.1) is 46.3 Å². The van der Waals surface area contributed by atoms with E-state index in [0.717, 1.165) is 137 Å². The fourth-order valence-corrected chi connectivity index (χ4v) is 12.1. The van der Waals surface area contributed by atoms with Crippen molar-refractivity contribution in [3.63, 3.8) is 0 Å². The SMILES string of the molecule is CC1(C)CCC(Oc2ccc3cc(C=O)ccc3c2)CC1.COC(=O)C1CCCC(C2CN(Cc3ccc4cc(OC5CCC(C)(C)CC5)ccc4c3)C2)C1.Cl.O=C(O)C1CCCC(C2CNC2)C1. The molecule has 6 fully saturated rings. The maximum absolute atomic E-state index is 12.0. The van der Waals surface area contributed by atoms with Crippen LogP contribution in [0.5, 0.6) is 11.5 Å². The maximum Gasteiger partial charge on any atom is 0.308 e. The molecular formula is C59H81ClN2O7.